The van der Waals surface area contributed by atoms with Crippen molar-refractivity contribution in [1.29, 1.82) is 0 Å². The van der Waals surface area contributed by atoms with Crippen molar-refractivity contribution < 1.29 is 9.53 Å². The molecule has 1 aromatic carbocycles. The van der Waals surface area contributed by atoms with Crippen LogP contribution < -0.4 is 15.4 Å². The van der Waals surface area contributed by atoms with E-state index in [2.05, 4.69) is 20.8 Å². The zero-order valence-electron chi connectivity index (χ0n) is 13.1. The molecule has 0 bridgehead atoms. The molecule has 0 aliphatic carbocycles. The number of carbonyl (C=O) groups is 1. The van der Waals surface area contributed by atoms with Crippen LogP contribution in [-0.2, 0) is 17.8 Å². The largest absolute Gasteiger partial charge is 0.484 e. The van der Waals surface area contributed by atoms with Gasteiger partial charge in [0.1, 0.15) is 5.75 Å². The average molecular weight is 335 g/mol. The smallest absolute Gasteiger partial charge is 0.263 e. The van der Waals surface area contributed by atoms with Crippen molar-refractivity contribution in [3.63, 3.8) is 0 Å². The number of ether oxygens (including phenoxy) is 1. The monoisotopic (exact) mass is 334 g/mol. The Hall–Kier alpha value is -2.05. The van der Waals surface area contributed by atoms with E-state index in [1.54, 1.807) is 0 Å². The van der Waals surface area contributed by atoms with Gasteiger partial charge in [0.05, 0.1) is 5.69 Å². The molecule has 23 heavy (non-hydrogen) atoms. The summed E-state index contributed by atoms with van der Waals surface area (Å²) in [6.45, 7) is 5.38. The number of fused-ring (bicyclic) bond motifs is 1. The SMILES string of the molecule is Cc1cc(OCC(=O)Nc2n[nH]c3c2CCNC3)cc(C)c1Cl. The van der Waals surface area contributed by atoms with E-state index in [1.165, 1.54) is 0 Å². The van der Waals surface area contributed by atoms with Crippen LogP contribution in [0, 0.1) is 13.8 Å². The Bertz CT molecular complexity index is 719. The van der Waals surface area contributed by atoms with Gasteiger partial charge in [0.2, 0.25) is 0 Å². The maximum Gasteiger partial charge on any atom is 0.263 e. The lowest BCUT2D eigenvalue weighted by Crippen LogP contribution is -2.25. The van der Waals surface area contributed by atoms with Crippen molar-refractivity contribution in [3.05, 3.63) is 39.5 Å². The summed E-state index contributed by atoms with van der Waals surface area (Å²) in [5.41, 5.74) is 3.94. The highest BCUT2D eigenvalue weighted by molar-refractivity contribution is 6.32. The Morgan fingerprint density at radius 1 is 1.39 bits per heavy atom. The Morgan fingerprint density at radius 3 is 2.87 bits per heavy atom. The molecule has 0 saturated heterocycles. The molecule has 2 heterocycles. The first-order valence-corrected chi connectivity index (χ1v) is 7.88. The fourth-order valence-electron chi connectivity index (χ4n) is 2.65. The molecular formula is C16H19ClN4O2. The lowest BCUT2D eigenvalue weighted by molar-refractivity contribution is -0.118. The number of nitrogens with one attached hydrogen (secondary N) is 3. The van der Waals surface area contributed by atoms with Gasteiger partial charge in [-0.2, -0.15) is 5.10 Å². The summed E-state index contributed by atoms with van der Waals surface area (Å²) in [6.07, 6.45) is 0.845. The van der Waals surface area contributed by atoms with Gasteiger partial charge in [-0.3, -0.25) is 9.89 Å². The number of carbonyl (C=O) groups excluding carboxylic acids is 1. The van der Waals surface area contributed by atoms with Crippen molar-refractivity contribution >= 4 is 23.3 Å². The lowest BCUT2D eigenvalue weighted by atomic mass is 10.1. The molecule has 3 N–H and O–H groups in total. The molecule has 0 fully saturated rings. The number of H-pyrrole nitrogens is 1. The third-order valence-corrected chi connectivity index (χ3v) is 4.44. The van der Waals surface area contributed by atoms with Crippen LogP contribution in [0.5, 0.6) is 5.75 Å². The van der Waals surface area contributed by atoms with Crippen LogP contribution in [0.3, 0.4) is 0 Å². The lowest BCUT2D eigenvalue weighted by Gasteiger charge is -2.13. The fourth-order valence-corrected chi connectivity index (χ4v) is 2.76. The predicted octanol–water partition coefficient (Wildman–Crippen LogP) is 2.34. The van der Waals surface area contributed by atoms with Crippen LogP contribution in [0.4, 0.5) is 5.82 Å². The zero-order valence-corrected chi connectivity index (χ0v) is 13.9. The molecule has 1 amide bonds. The van der Waals surface area contributed by atoms with E-state index in [-0.39, 0.29) is 12.5 Å². The third-order valence-electron chi connectivity index (χ3n) is 3.84. The molecule has 0 spiro atoms. The number of aryl methyl sites for hydroxylation is 2. The highest BCUT2D eigenvalue weighted by atomic mass is 35.5. The molecule has 1 aliphatic rings. The van der Waals surface area contributed by atoms with E-state index in [0.29, 0.717) is 11.6 Å². The van der Waals surface area contributed by atoms with Gasteiger partial charge in [0, 0.05) is 17.1 Å². The van der Waals surface area contributed by atoms with Crippen LogP contribution in [0.2, 0.25) is 5.02 Å². The minimum absolute atomic E-state index is 0.0691. The molecule has 0 atom stereocenters. The number of nitrogens with zero attached hydrogens (tertiary/aromatic N) is 1. The summed E-state index contributed by atoms with van der Waals surface area (Å²) in [7, 11) is 0. The van der Waals surface area contributed by atoms with Crippen LogP contribution in [0.1, 0.15) is 22.4 Å². The van der Waals surface area contributed by atoms with Gasteiger partial charge in [-0.15, -0.1) is 0 Å². The Kier molecular flexibility index (Phi) is 4.54. The number of rotatable bonds is 4. The molecule has 0 unspecified atom stereocenters. The summed E-state index contributed by atoms with van der Waals surface area (Å²) in [4.78, 5) is 12.1. The summed E-state index contributed by atoms with van der Waals surface area (Å²) >= 11 is 6.12. The van der Waals surface area contributed by atoms with Gasteiger partial charge >= 0.3 is 0 Å². The normalized spacial score (nSPS) is 13.5. The number of hydrogen-bond donors (Lipinski definition) is 3. The van der Waals surface area contributed by atoms with E-state index >= 15 is 0 Å². The number of aromatic nitrogens is 2. The van der Waals surface area contributed by atoms with Gasteiger partial charge in [0.15, 0.2) is 12.4 Å². The second-order valence-electron chi connectivity index (χ2n) is 5.66. The Labute approximate surface area is 139 Å². The van der Waals surface area contributed by atoms with Gasteiger partial charge in [-0.25, -0.2) is 0 Å². The number of benzene rings is 1. The highest BCUT2D eigenvalue weighted by Crippen LogP contribution is 2.26. The molecule has 0 radical (unpaired) electrons. The molecule has 6 nitrogen and oxygen atoms in total. The van der Waals surface area contributed by atoms with Gasteiger partial charge in [0.25, 0.3) is 5.91 Å². The Morgan fingerprint density at radius 2 is 2.13 bits per heavy atom. The first kappa shape index (κ1) is 15.8. The molecule has 3 rings (SSSR count). The minimum Gasteiger partial charge on any atom is -0.484 e. The zero-order chi connectivity index (χ0) is 16.4. The molecule has 1 aromatic heterocycles. The van der Waals surface area contributed by atoms with E-state index < -0.39 is 0 Å². The van der Waals surface area contributed by atoms with Crippen LogP contribution in [0.15, 0.2) is 12.1 Å². The van der Waals surface area contributed by atoms with Crippen molar-refractivity contribution in [1.82, 2.24) is 15.5 Å². The summed E-state index contributed by atoms with van der Waals surface area (Å²) in [6, 6.07) is 3.65. The summed E-state index contributed by atoms with van der Waals surface area (Å²) in [5.74, 6) is 0.995. The second-order valence-corrected chi connectivity index (χ2v) is 6.04. The van der Waals surface area contributed by atoms with Crippen molar-refractivity contribution in [3.8, 4) is 5.75 Å². The van der Waals surface area contributed by atoms with Crippen LogP contribution in [-0.4, -0.2) is 29.3 Å². The molecule has 2 aromatic rings. The fraction of sp³-hybridized carbons (Fsp3) is 0.375. The van der Waals surface area contributed by atoms with Crippen molar-refractivity contribution in [2.45, 2.75) is 26.8 Å². The van der Waals surface area contributed by atoms with E-state index in [9.17, 15) is 4.79 Å². The molecule has 0 saturated carbocycles. The number of anilines is 1. The first-order valence-electron chi connectivity index (χ1n) is 7.51. The van der Waals surface area contributed by atoms with Crippen molar-refractivity contribution in [2.24, 2.45) is 0 Å². The van der Waals surface area contributed by atoms with Crippen LogP contribution >= 0.6 is 11.6 Å². The standard InChI is InChI=1S/C16H19ClN4O2/c1-9-5-11(6-10(2)15(9)17)23-8-14(22)19-16-12-3-4-18-7-13(12)20-21-16/h5-6,18H,3-4,7-8H2,1-2H3,(H2,19,20,21,22). The number of hydrogen-bond acceptors (Lipinski definition) is 4. The average Bonchev–Trinajstić information content (AvgIpc) is 2.94. The second kappa shape index (κ2) is 6.60. The van der Waals surface area contributed by atoms with Gasteiger partial charge < -0.3 is 15.4 Å². The third kappa shape index (κ3) is 3.48. The molecule has 122 valence electrons. The first-order chi connectivity index (χ1) is 11.0. The van der Waals surface area contributed by atoms with Gasteiger partial charge in [-0.05, 0) is 50.1 Å². The van der Waals surface area contributed by atoms with Gasteiger partial charge in [-0.1, -0.05) is 11.6 Å². The van der Waals surface area contributed by atoms with Crippen LogP contribution in [0.25, 0.3) is 0 Å². The number of halogens is 1. The predicted molar refractivity (Wildman–Crippen MR) is 89.0 cm³/mol. The van der Waals surface area contributed by atoms with E-state index in [1.807, 2.05) is 26.0 Å². The van der Waals surface area contributed by atoms with E-state index in [4.69, 9.17) is 16.3 Å². The maximum atomic E-state index is 12.1. The topological polar surface area (TPSA) is 79.0 Å². The van der Waals surface area contributed by atoms with Crippen molar-refractivity contribution in [2.75, 3.05) is 18.5 Å². The maximum absolute atomic E-state index is 12.1. The Balaban J connectivity index is 1.61. The minimum atomic E-state index is -0.233. The molecule has 1 aliphatic heterocycles. The highest BCUT2D eigenvalue weighted by Gasteiger charge is 2.18. The summed E-state index contributed by atoms with van der Waals surface area (Å²) in [5, 5.41) is 13.9. The molecular weight excluding hydrogens is 316 g/mol. The number of amides is 1. The number of aromatic amines is 1. The molecule has 7 heteroatoms. The quantitative estimate of drug-likeness (QED) is 0.802. The van der Waals surface area contributed by atoms with E-state index in [0.717, 1.165) is 46.9 Å². The summed E-state index contributed by atoms with van der Waals surface area (Å²) < 4.78 is 5.56.